The number of hydrogen-bond donors (Lipinski definition) is 1. The average Bonchev–Trinajstić information content (AvgIpc) is 3.00. The first-order chi connectivity index (χ1) is 8.34. The lowest BCUT2D eigenvalue weighted by Crippen LogP contribution is -2.30. The molecular formula is C13H13NO3. The Morgan fingerprint density at radius 1 is 1.35 bits per heavy atom. The minimum atomic E-state index is -0.0993. The third-order valence-electron chi connectivity index (χ3n) is 3.14. The fourth-order valence-electron chi connectivity index (χ4n) is 2.27. The van der Waals surface area contributed by atoms with Crippen LogP contribution in [0.1, 0.15) is 40.6 Å². The van der Waals surface area contributed by atoms with E-state index < -0.39 is 0 Å². The highest BCUT2D eigenvalue weighted by molar-refractivity contribution is 5.94. The number of aryl methyl sites for hydroxylation is 1. The number of rotatable bonds is 2. The fraction of sp³-hybridized carbons (Fsp3) is 0.308. The van der Waals surface area contributed by atoms with Gasteiger partial charge in [-0.3, -0.25) is 4.79 Å². The first kappa shape index (κ1) is 10.2. The summed E-state index contributed by atoms with van der Waals surface area (Å²) in [6.45, 7) is 0. The van der Waals surface area contributed by atoms with Gasteiger partial charge >= 0.3 is 0 Å². The minimum Gasteiger partial charge on any atom is -0.472 e. The summed E-state index contributed by atoms with van der Waals surface area (Å²) in [5.74, 6) is 0.895. The normalized spacial score (nSPS) is 18.7. The van der Waals surface area contributed by atoms with Crippen molar-refractivity contribution in [2.75, 3.05) is 0 Å². The summed E-state index contributed by atoms with van der Waals surface area (Å²) < 4.78 is 10.3. The van der Waals surface area contributed by atoms with Crippen LogP contribution in [0.2, 0.25) is 0 Å². The third kappa shape index (κ3) is 1.86. The molecule has 2 heterocycles. The Hall–Kier alpha value is -1.97. The molecule has 0 spiro atoms. The zero-order valence-corrected chi connectivity index (χ0v) is 9.31. The van der Waals surface area contributed by atoms with E-state index in [9.17, 15) is 4.79 Å². The first-order valence-electron chi connectivity index (χ1n) is 5.74. The van der Waals surface area contributed by atoms with Gasteiger partial charge in [0.15, 0.2) is 0 Å². The molecule has 2 aromatic heterocycles. The number of carbonyl (C=O) groups excluding carboxylic acids is 1. The third-order valence-corrected chi connectivity index (χ3v) is 3.14. The van der Waals surface area contributed by atoms with Crippen LogP contribution in [-0.4, -0.2) is 5.91 Å². The van der Waals surface area contributed by atoms with E-state index in [1.54, 1.807) is 12.3 Å². The average molecular weight is 231 g/mol. The van der Waals surface area contributed by atoms with E-state index in [0.717, 1.165) is 30.6 Å². The Morgan fingerprint density at radius 2 is 2.29 bits per heavy atom. The molecule has 88 valence electrons. The lowest BCUT2D eigenvalue weighted by atomic mass is 9.93. The first-order valence-corrected chi connectivity index (χ1v) is 5.74. The monoisotopic (exact) mass is 231 g/mol. The van der Waals surface area contributed by atoms with Crippen molar-refractivity contribution in [2.24, 2.45) is 0 Å². The summed E-state index contributed by atoms with van der Waals surface area (Å²) in [5.41, 5.74) is 1.66. The Balaban J connectivity index is 1.77. The second-order valence-electron chi connectivity index (χ2n) is 4.23. The van der Waals surface area contributed by atoms with Gasteiger partial charge < -0.3 is 14.2 Å². The van der Waals surface area contributed by atoms with Gasteiger partial charge in [0.05, 0.1) is 24.1 Å². The Kier molecular flexibility index (Phi) is 2.48. The van der Waals surface area contributed by atoms with Gasteiger partial charge in [0.25, 0.3) is 5.91 Å². The van der Waals surface area contributed by atoms with Gasteiger partial charge in [-0.05, 0) is 25.0 Å². The summed E-state index contributed by atoms with van der Waals surface area (Å²) in [4.78, 5) is 11.9. The van der Waals surface area contributed by atoms with Crippen LogP contribution in [0.3, 0.4) is 0 Å². The zero-order valence-electron chi connectivity index (χ0n) is 9.31. The Morgan fingerprint density at radius 3 is 3.12 bits per heavy atom. The maximum Gasteiger partial charge on any atom is 0.255 e. The lowest BCUT2D eigenvalue weighted by molar-refractivity contribution is 0.0931. The van der Waals surface area contributed by atoms with Gasteiger partial charge in [0, 0.05) is 12.0 Å². The van der Waals surface area contributed by atoms with Crippen LogP contribution in [-0.2, 0) is 6.42 Å². The fourth-order valence-corrected chi connectivity index (χ4v) is 2.27. The number of fused-ring (bicyclic) bond motifs is 1. The predicted molar refractivity (Wildman–Crippen MR) is 60.6 cm³/mol. The highest BCUT2D eigenvalue weighted by Crippen LogP contribution is 2.30. The molecular weight excluding hydrogens is 218 g/mol. The zero-order chi connectivity index (χ0) is 11.7. The molecule has 1 N–H and O–H groups in total. The molecule has 3 rings (SSSR count). The molecule has 17 heavy (non-hydrogen) atoms. The van der Waals surface area contributed by atoms with E-state index in [1.165, 1.54) is 12.5 Å². The molecule has 1 unspecified atom stereocenters. The molecule has 0 bridgehead atoms. The molecule has 1 amide bonds. The van der Waals surface area contributed by atoms with Gasteiger partial charge in [-0.15, -0.1) is 0 Å². The van der Waals surface area contributed by atoms with Crippen LogP contribution in [0.4, 0.5) is 0 Å². The maximum absolute atomic E-state index is 11.9. The quantitative estimate of drug-likeness (QED) is 0.864. The van der Waals surface area contributed by atoms with Crippen molar-refractivity contribution in [3.63, 3.8) is 0 Å². The molecule has 4 heteroatoms. The number of carbonyl (C=O) groups is 1. The van der Waals surface area contributed by atoms with Crippen LogP contribution >= 0.6 is 0 Å². The van der Waals surface area contributed by atoms with E-state index in [-0.39, 0.29) is 11.9 Å². The largest absolute Gasteiger partial charge is 0.472 e. The van der Waals surface area contributed by atoms with Gasteiger partial charge in [-0.25, -0.2) is 0 Å². The van der Waals surface area contributed by atoms with Crippen molar-refractivity contribution in [1.82, 2.24) is 5.32 Å². The summed E-state index contributed by atoms with van der Waals surface area (Å²) in [6.07, 6.45) is 7.59. The maximum atomic E-state index is 11.9. The predicted octanol–water partition coefficient (Wildman–Crippen LogP) is 2.68. The van der Waals surface area contributed by atoms with Crippen molar-refractivity contribution >= 4 is 5.91 Å². The Bertz CT molecular complexity index is 513. The van der Waals surface area contributed by atoms with Crippen LogP contribution in [0.25, 0.3) is 0 Å². The van der Waals surface area contributed by atoms with Crippen LogP contribution < -0.4 is 5.32 Å². The van der Waals surface area contributed by atoms with Crippen molar-refractivity contribution in [3.8, 4) is 0 Å². The second kappa shape index (κ2) is 4.13. The van der Waals surface area contributed by atoms with Crippen molar-refractivity contribution < 1.29 is 13.6 Å². The molecule has 4 nitrogen and oxygen atoms in total. The number of hydrogen-bond acceptors (Lipinski definition) is 3. The lowest BCUT2D eigenvalue weighted by Gasteiger charge is -2.22. The summed E-state index contributed by atoms with van der Waals surface area (Å²) in [5, 5.41) is 3.00. The molecule has 0 aliphatic heterocycles. The number of nitrogens with one attached hydrogen (secondary N) is 1. The molecule has 0 saturated carbocycles. The number of amides is 1. The van der Waals surface area contributed by atoms with E-state index in [4.69, 9.17) is 8.83 Å². The summed E-state index contributed by atoms with van der Waals surface area (Å²) in [7, 11) is 0. The molecule has 2 aromatic rings. The van der Waals surface area contributed by atoms with Crippen molar-refractivity contribution in [1.29, 1.82) is 0 Å². The molecule has 0 fully saturated rings. The molecule has 0 radical (unpaired) electrons. The molecule has 0 saturated heterocycles. The second-order valence-corrected chi connectivity index (χ2v) is 4.23. The Labute approximate surface area is 98.6 Å². The summed E-state index contributed by atoms with van der Waals surface area (Å²) in [6, 6.07) is 3.66. The van der Waals surface area contributed by atoms with E-state index in [1.807, 2.05) is 6.07 Å². The van der Waals surface area contributed by atoms with E-state index in [0.29, 0.717) is 5.56 Å². The van der Waals surface area contributed by atoms with Crippen LogP contribution in [0, 0.1) is 0 Å². The minimum absolute atomic E-state index is 0.0555. The molecule has 1 aliphatic rings. The van der Waals surface area contributed by atoms with Crippen molar-refractivity contribution in [2.45, 2.75) is 25.3 Å². The molecule has 0 aromatic carbocycles. The summed E-state index contributed by atoms with van der Waals surface area (Å²) >= 11 is 0. The van der Waals surface area contributed by atoms with Gasteiger partial charge in [0.2, 0.25) is 0 Å². The van der Waals surface area contributed by atoms with Crippen molar-refractivity contribution in [3.05, 3.63) is 47.8 Å². The molecule has 1 aliphatic carbocycles. The molecule has 1 atom stereocenters. The number of furan rings is 2. The SMILES string of the molecule is O=C(NC1CCCc2occc21)c1ccoc1. The van der Waals surface area contributed by atoms with Crippen LogP contribution in [0.5, 0.6) is 0 Å². The highest BCUT2D eigenvalue weighted by Gasteiger charge is 2.24. The standard InChI is InChI=1S/C13H13NO3/c15-13(9-4-6-16-8-9)14-11-2-1-3-12-10(11)5-7-17-12/h4-8,11H,1-3H2,(H,14,15). The van der Waals surface area contributed by atoms with E-state index in [2.05, 4.69) is 5.32 Å². The van der Waals surface area contributed by atoms with E-state index >= 15 is 0 Å². The smallest absolute Gasteiger partial charge is 0.255 e. The van der Waals surface area contributed by atoms with Gasteiger partial charge in [-0.2, -0.15) is 0 Å². The van der Waals surface area contributed by atoms with Crippen LogP contribution in [0.15, 0.2) is 39.8 Å². The topological polar surface area (TPSA) is 55.4 Å². The highest BCUT2D eigenvalue weighted by atomic mass is 16.3. The van der Waals surface area contributed by atoms with Gasteiger partial charge in [-0.1, -0.05) is 0 Å². The van der Waals surface area contributed by atoms with Gasteiger partial charge in [0.1, 0.15) is 12.0 Å².